The molecule has 0 spiro atoms. The molecular weight excluding hydrogens is 550 g/mol. The van der Waals surface area contributed by atoms with E-state index in [2.05, 4.69) is 16.0 Å². The summed E-state index contributed by atoms with van der Waals surface area (Å²) in [6, 6.07) is 15.5. The van der Waals surface area contributed by atoms with Crippen molar-refractivity contribution in [1.29, 1.82) is 0 Å². The van der Waals surface area contributed by atoms with Crippen LogP contribution in [0.2, 0.25) is 0 Å². The van der Waals surface area contributed by atoms with Gasteiger partial charge in [0.15, 0.2) is 6.10 Å². The van der Waals surface area contributed by atoms with Crippen molar-refractivity contribution in [2.45, 2.75) is 57.8 Å². The van der Waals surface area contributed by atoms with Crippen LogP contribution in [-0.2, 0) is 35.1 Å². The highest BCUT2D eigenvalue weighted by atomic mass is 16.5. The first-order chi connectivity index (χ1) is 20.5. The Morgan fingerprint density at radius 3 is 2.19 bits per heavy atom. The van der Waals surface area contributed by atoms with Crippen LogP contribution >= 0.6 is 0 Å². The van der Waals surface area contributed by atoms with Crippen molar-refractivity contribution in [3.63, 3.8) is 0 Å². The Labute approximate surface area is 253 Å². The highest BCUT2D eigenvalue weighted by Gasteiger charge is 2.35. The van der Waals surface area contributed by atoms with Crippen molar-refractivity contribution < 1.29 is 28.7 Å². The van der Waals surface area contributed by atoms with Crippen molar-refractivity contribution in [2.24, 2.45) is 5.92 Å². The summed E-state index contributed by atoms with van der Waals surface area (Å²) in [7, 11) is 2.91. The molecule has 2 aromatic rings. The van der Waals surface area contributed by atoms with Gasteiger partial charge in [-0.25, -0.2) is 0 Å². The van der Waals surface area contributed by atoms with Crippen LogP contribution in [0, 0.1) is 5.92 Å². The zero-order valence-electron chi connectivity index (χ0n) is 25.5. The summed E-state index contributed by atoms with van der Waals surface area (Å²) in [4.78, 5) is 69.6. The number of amides is 5. The number of carbonyl (C=O) groups is 5. The van der Waals surface area contributed by atoms with E-state index in [0.29, 0.717) is 12.0 Å². The fourth-order valence-electron chi connectivity index (χ4n) is 5.00. The van der Waals surface area contributed by atoms with Crippen LogP contribution < -0.4 is 16.0 Å². The molecular formula is C32H43N5O6. The Balaban J connectivity index is 1.92. The second-order valence-electron chi connectivity index (χ2n) is 11.1. The minimum Gasteiger partial charge on any atom is -0.367 e. The van der Waals surface area contributed by atoms with Crippen LogP contribution in [0.25, 0.3) is 0 Å². The van der Waals surface area contributed by atoms with Gasteiger partial charge in [-0.1, -0.05) is 74.5 Å². The first-order valence-electron chi connectivity index (χ1n) is 14.6. The van der Waals surface area contributed by atoms with Gasteiger partial charge in [0, 0.05) is 33.7 Å². The van der Waals surface area contributed by atoms with Gasteiger partial charge in [0.2, 0.25) is 23.6 Å². The Morgan fingerprint density at radius 2 is 1.58 bits per heavy atom. The van der Waals surface area contributed by atoms with E-state index < -0.39 is 47.9 Å². The third-order valence-electron chi connectivity index (χ3n) is 7.49. The lowest BCUT2D eigenvalue weighted by Gasteiger charge is -2.34. The maximum Gasteiger partial charge on any atom is 0.256 e. The van der Waals surface area contributed by atoms with Crippen LogP contribution in [0.15, 0.2) is 60.7 Å². The van der Waals surface area contributed by atoms with E-state index >= 15 is 0 Å². The highest BCUT2D eigenvalue weighted by molar-refractivity contribution is 5.95. The highest BCUT2D eigenvalue weighted by Crippen LogP contribution is 2.21. The van der Waals surface area contributed by atoms with Crippen LogP contribution in [0.3, 0.4) is 0 Å². The van der Waals surface area contributed by atoms with E-state index in [1.165, 1.54) is 24.0 Å². The third kappa shape index (κ3) is 9.12. The molecule has 1 fully saturated rings. The van der Waals surface area contributed by atoms with E-state index in [4.69, 9.17) is 4.74 Å². The molecule has 1 saturated heterocycles. The molecule has 4 atom stereocenters. The molecule has 3 rings (SSSR count). The number of hydrogen-bond acceptors (Lipinski definition) is 6. The van der Waals surface area contributed by atoms with Gasteiger partial charge in [-0.2, -0.15) is 0 Å². The predicted octanol–water partition coefficient (Wildman–Crippen LogP) is 1.44. The first-order valence-corrected chi connectivity index (χ1v) is 14.6. The zero-order chi connectivity index (χ0) is 31.5. The van der Waals surface area contributed by atoms with Gasteiger partial charge in [0.25, 0.3) is 5.91 Å². The topological polar surface area (TPSA) is 137 Å². The maximum absolute atomic E-state index is 13.8. The number of nitrogens with one attached hydrogen (secondary N) is 3. The van der Waals surface area contributed by atoms with Gasteiger partial charge in [-0.05, 0) is 30.4 Å². The molecule has 43 heavy (non-hydrogen) atoms. The number of methoxy groups -OCH3 is 1. The van der Waals surface area contributed by atoms with Crippen molar-refractivity contribution in [3.05, 3.63) is 71.8 Å². The molecule has 3 N–H and O–H groups in total. The van der Waals surface area contributed by atoms with Crippen molar-refractivity contribution >= 4 is 29.5 Å². The largest absolute Gasteiger partial charge is 0.367 e. The standard InChI is InChI=1S/C32H43N5O6/c1-21(2)27-31(41)36(4)20-26(38)34-25(19-23-13-8-6-9-14-23)30(40)33-17-12-18-37(22(3)29(39)35-27)32(42)28(43-5)24-15-10-7-11-16-24/h6-11,13-16,21-22,25,27-28H,12,17-20H2,1-5H3,(H,33,40)(H,34,38)(H,35,39)/t22-,25+,27+,28+/m1/s1. The van der Waals surface area contributed by atoms with Crippen LogP contribution in [0.1, 0.15) is 44.4 Å². The van der Waals surface area contributed by atoms with Gasteiger partial charge in [-0.15, -0.1) is 0 Å². The van der Waals surface area contributed by atoms with Gasteiger partial charge in [0.05, 0.1) is 6.54 Å². The van der Waals surface area contributed by atoms with Crippen LogP contribution in [0.5, 0.6) is 0 Å². The number of nitrogens with zero attached hydrogens (tertiary/aromatic N) is 2. The molecule has 0 aromatic heterocycles. The summed E-state index contributed by atoms with van der Waals surface area (Å²) in [5, 5.41) is 8.42. The Bertz CT molecular complexity index is 1260. The fraction of sp³-hybridized carbons (Fsp3) is 0.469. The summed E-state index contributed by atoms with van der Waals surface area (Å²) in [6.07, 6.45) is -0.355. The lowest BCUT2D eigenvalue weighted by molar-refractivity contribution is -0.149. The predicted molar refractivity (Wildman–Crippen MR) is 161 cm³/mol. The third-order valence-corrected chi connectivity index (χ3v) is 7.49. The van der Waals surface area contributed by atoms with Gasteiger partial charge in [0.1, 0.15) is 18.1 Å². The quantitative estimate of drug-likeness (QED) is 0.464. The normalized spacial score (nSPS) is 22.0. The summed E-state index contributed by atoms with van der Waals surface area (Å²) in [5.41, 5.74) is 1.50. The van der Waals surface area contributed by atoms with E-state index in [1.54, 1.807) is 45.0 Å². The van der Waals surface area contributed by atoms with Gasteiger partial charge in [-0.3, -0.25) is 24.0 Å². The van der Waals surface area contributed by atoms with E-state index in [-0.39, 0.29) is 37.9 Å². The van der Waals surface area contributed by atoms with Gasteiger partial charge >= 0.3 is 0 Å². The van der Waals surface area contributed by atoms with Crippen molar-refractivity contribution in [3.8, 4) is 0 Å². The molecule has 0 bridgehead atoms. The molecule has 11 nitrogen and oxygen atoms in total. The molecule has 1 aliphatic heterocycles. The molecule has 11 heteroatoms. The molecule has 2 aromatic carbocycles. The number of carbonyl (C=O) groups excluding carboxylic acids is 5. The SMILES string of the molecule is CO[C@H](C(=O)N1CCCNC(=O)[C@H](Cc2ccccc2)NC(=O)CN(C)C(=O)[C@H](C(C)C)NC(=O)[C@H]1C)c1ccccc1. The smallest absolute Gasteiger partial charge is 0.256 e. The number of hydrogen-bond donors (Lipinski definition) is 3. The molecule has 0 unspecified atom stereocenters. The lowest BCUT2D eigenvalue weighted by Crippen LogP contribution is -2.58. The van der Waals surface area contributed by atoms with E-state index in [9.17, 15) is 24.0 Å². The summed E-state index contributed by atoms with van der Waals surface area (Å²) < 4.78 is 5.57. The minimum absolute atomic E-state index is 0.135. The number of likely N-dealkylation sites (N-methyl/N-ethyl adjacent to an activating group) is 1. The van der Waals surface area contributed by atoms with Crippen LogP contribution in [-0.4, -0.2) is 91.3 Å². The minimum atomic E-state index is -0.953. The second-order valence-corrected chi connectivity index (χ2v) is 11.1. The molecule has 1 heterocycles. The lowest BCUT2D eigenvalue weighted by atomic mass is 10.0. The maximum atomic E-state index is 13.8. The molecule has 1 aliphatic rings. The van der Waals surface area contributed by atoms with Crippen molar-refractivity contribution in [2.75, 3.05) is 33.8 Å². The molecule has 5 amide bonds. The van der Waals surface area contributed by atoms with Crippen LogP contribution in [0.4, 0.5) is 0 Å². The Kier molecular flexibility index (Phi) is 12.2. The fourth-order valence-corrected chi connectivity index (χ4v) is 5.00. The zero-order valence-corrected chi connectivity index (χ0v) is 25.5. The Morgan fingerprint density at radius 1 is 0.953 bits per heavy atom. The van der Waals surface area contributed by atoms with E-state index in [1.807, 2.05) is 36.4 Å². The number of benzene rings is 2. The summed E-state index contributed by atoms with van der Waals surface area (Å²) >= 11 is 0. The molecule has 0 saturated carbocycles. The monoisotopic (exact) mass is 593 g/mol. The molecule has 0 aliphatic carbocycles. The molecule has 0 radical (unpaired) electrons. The average Bonchev–Trinajstić information content (AvgIpc) is 2.99. The summed E-state index contributed by atoms with van der Waals surface area (Å²) in [5.74, 6) is -2.57. The van der Waals surface area contributed by atoms with E-state index in [0.717, 1.165) is 5.56 Å². The van der Waals surface area contributed by atoms with Gasteiger partial charge < -0.3 is 30.5 Å². The number of ether oxygens (including phenoxy) is 1. The first kappa shape index (κ1) is 33.3. The second kappa shape index (κ2) is 15.8. The average molecular weight is 594 g/mol. The van der Waals surface area contributed by atoms with Crippen molar-refractivity contribution in [1.82, 2.24) is 25.8 Å². The number of rotatable bonds is 6. The Hall–Kier alpha value is -4.25. The summed E-state index contributed by atoms with van der Waals surface area (Å²) in [6.45, 7) is 5.22. The molecule has 232 valence electrons.